The van der Waals surface area contributed by atoms with Crippen LogP contribution in [0, 0.1) is 5.82 Å². The van der Waals surface area contributed by atoms with E-state index in [9.17, 15) is 4.39 Å². The third-order valence-corrected chi connectivity index (χ3v) is 5.02. The molecule has 3 rings (SSSR count). The number of hydrogen-bond donors (Lipinski definition) is 2. The van der Waals surface area contributed by atoms with Crippen molar-refractivity contribution in [3.63, 3.8) is 0 Å². The zero-order valence-electron chi connectivity index (χ0n) is 17.4. The summed E-state index contributed by atoms with van der Waals surface area (Å²) in [5.41, 5.74) is 2.18. The number of benzene rings is 1. The molecule has 0 saturated carbocycles. The molecule has 1 fully saturated rings. The number of pyridine rings is 1. The van der Waals surface area contributed by atoms with Crippen LogP contribution in [0.4, 0.5) is 10.2 Å². The van der Waals surface area contributed by atoms with Crippen molar-refractivity contribution in [2.24, 2.45) is 4.99 Å². The Bertz CT molecular complexity index is 767. The van der Waals surface area contributed by atoms with Gasteiger partial charge in [0.1, 0.15) is 11.6 Å². The lowest BCUT2D eigenvalue weighted by Crippen LogP contribution is -2.44. The average Bonchev–Trinajstić information content (AvgIpc) is 2.74. The van der Waals surface area contributed by atoms with Crippen LogP contribution in [0.15, 0.2) is 47.6 Å². The molecule has 0 atom stereocenters. The summed E-state index contributed by atoms with van der Waals surface area (Å²) in [6.07, 6.45) is 2.73. The van der Waals surface area contributed by atoms with Crippen LogP contribution in [0.25, 0.3) is 0 Å². The summed E-state index contributed by atoms with van der Waals surface area (Å²) in [6.45, 7) is 8.33. The number of halogens is 1. The van der Waals surface area contributed by atoms with E-state index in [0.717, 1.165) is 68.6 Å². The van der Waals surface area contributed by atoms with Crippen molar-refractivity contribution in [2.45, 2.75) is 19.9 Å². The minimum absolute atomic E-state index is 0.205. The molecule has 7 heteroatoms. The summed E-state index contributed by atoms with van der Waals surface area (Å²) in [4.78, 5) is 13.9. The number of nitrogens with one attached hydrogen (secondary N) is 2. The third-order valence-electron chi connectivity index (χ3n) is 5.02. The molecule has 2 N–H and O–H groups in total. The Morgan fingerprint density at radius 3 is 2.41 bits per heavy atom. The first-order valence-corrected chi connectivity index (χ1v) is 10.3. The lowest BCUT2D eigenvalue weighted by molar-refractivity contribution is 0.312. The molecule has 29 heavy (non-hydrogen) atoms. The van der Waals surface area contributed by atoms with Crippen molar-refractivity contribution < 1.29 is 4.39 Å². The van der Waals surface area contributed by atoms with E-state index in [-0.39, 0.29) is 5.82 Å². The van der Waals surface area contributed by atoms with Crippen molar-refractivity contribution in [1.29, 1.82) is 0 Å². The molecule has 1 saturated heterocycles. The molecule has 2 heterocycles. The van der Waals surface area contributed by atoms with Crippen LogP contribution >= 0.6 is 0 Å². The monoisotopic (exact) mass is 398 g/mol. The van der Waals surface area contributed by atoms with E-state index < -0.39 is 0 Å². The molecule has 0 spiro atoms. The molecule has 1 aliphatic heterocycles. The van der Waals surface area contributed by atoms with Gasteiger partial charge in [0.25, 0.3) is 0 Å². The Labute approximate surface area is 172 Å². The van der Waals surface area contributed by atoms with Gasteiger partial charge in [-0.3, -0.25) is 0 Å². The number of nitrogens with zero attached hydrogens (tertiary/aromatic N) is 4. The molecular weight excluding hydrogens is 367 g/mol. The summed E-state index contributed by atoms with van der Waals surface area (Å²) < 4.78 is 13.0. The van der Waals surface area contributed by atoms with Gasteiger partial charge in [-0.15, -0.1) is 0 Å². The number of anilines is 1. The Morgan fingerprint density at radius 1 is 1.03 bits per heavy atom. The number of likely N-dealkylation sites (N-methyl/N-ethyl adjacent to an activating group) is 1. The second kappa shape index (κ2) is 10.8. The second-order valence-electron chi connectivity index (χ2n) is 7.31. The average molecular weight is 399 g/mol. The fraction of sp³-hybridized carbons (Fsp3) is 0.455. The predicted molar refractivity (Wildman–Crippen MR) is 117 cm³/mol. The normalized spacial score (nSPS) is 15.4. The Morgan fingerprint density at radius 2 is 1.76 bits per heavy atom. The molecule has 0 aliphatic carbocycles. The molecule has 1 aromatic carbocycles. The summed E-state index contributed by atoms with van der Waals surface area (Å²) >= 11 is 0. The summed E-state index contributed by atoms with van der Waals surface area (Å²) in [5, 5.41) is 6.59. The van der Waals surface area contributed by atoms with Crippen molar-refractivity contribution >= 4 is 11.8 Å². The minimum atomic E-state index is -0.205. The maximum absolute atomic E-state index is 13.0. The van der Waals surface area contributed by atoms with Gasteiger partial charge in [-0.25, -0.2) is 14.4 Å². The van der Waals surface area contributed by atoms with Gasteiger partial charge in [0, 0.05) is 45.5 Å². The fourth-order valence-electron chi connectivity index (χ4n) is 3.22. The number of aromatic nitrogens is 1. The SMILES string of the molecule is CCNC(=NCc1ccc(N2CCN(C)CC2)nc1)NCCc1ccc(F)cc1. The van der Waals surface area contributed by atoms with Crippen LogP contribution in [0.1, 0.15) is 18.1 Å². The number of piperazine rings is 1. The van der Waals surface area contributed by atoms with Gasteiger partial charge in [0.2, 0.25) is 0 Å². The van der Waals surface area contributed by atoms with Crippen LogP contribution in [-0.4, -0.2) is 62.2 Å². The lowest BCUT2D eigenvalue weighted by Gasteiger charge is -2.33. The standard InChI is InChI=1S/C22H31FN6/c1-3-24-22(25-11-10-18-4-7-20(23)8-5-18)27-17-19-6-9-21(26-16-19)29-14-12-28(2)13-15-29/h4-9,16H,3,10-15,17H2,1-2H3,(H2,24,25,27). The number of aliphatic imine (C=N–C) groups is 1. The van der Waals surface area contributed by atoms with E-state index in [1.807, 2.05) is 25.3 Å². The molecule has 0 unspecified atom stereocenters. The Balaban J connectivity index is 1.50. The topological polar surface area (TPSA) is 55.8 Å². The van der Waals surface area contributed by atoms with Gasteiger partial charge < -0.3 is 20.4 Å². The first-order chi connectivity index (χ1) is 14.1. The van der Waals surface area contributed by atoms with E-state index in [1.54, 1.807) is 0 Å². The van der Waals surface area contributed by atoms with E-state index in [4.69, 9.17) is 0 Å². The smallest absolute Gasteiger partial charge is 0.191 e. The second-order valence-corrected chi connectivity index (χ2v) is 7.31. The molecule has 156 valence electrons. The molecule has 1 aromatic heterocycles. The van der Waals surface area contributed by atoms with Crippen LogP contribution in [-0.2, 0) is 13.0 Å². The number of rotatable bonds is 7. The van der Waals surface area contributed by atoms with Crippen molar-refractivity contribution in [1.82, 2.24) is 20.5 Å². The first kappa shape index (κ1) is 21.0. The minimum Gasteiger partial charge on any atom is -0.357 e. The van der Waals surface area contributed by atoms with Crippen LogP contribution in [0.3, 0.4) is 0 Å². The maximum Gasteiger partial charge on any atom is 0.191 e. The van der Waals surface area contributed by atoms with Crippen LogP contribution in [0.2, 0.25) is 0 Å². The molecule has 1 aliphatic rings. The zero-order valence-corrected chi connectivity index (χ0v) is 17.4. The Kier molecular flexibility index (Phi) is 7.81. The quantitative estimate of drug-likeness (QED) is 0.554. The van der Waals surface area contributed by atoms with Crippen molar-refractivity contribution in [2.75, 3.05) is 51.2 Å². The van der Waals surface area contributed by atoms with E-state index in [0.29, 0.717) is 6.54 Å². The fourth-order valence-corrected chi connectivity index (χ4v) is 3.22. The highest BCUT2D eigenvalue weighted by Gasteiger charge is 2.14. The third kappa shape index (κ3) is 6.71. The summed E-state index contributed by atoms with van der Waals surface area (Å²) in [5.74, 6) is 1.61. The van der Waals surface area contributed by atoms with Gasteiger partial charge in [-0.05, 0) is 49.7 Å². The van der Waals surface area contributed by atoms with Gasteiger partial charge >= 0.3 is 0 Å². The highest BCUT2D eigenvalue weighted by atomic mass is 19.1. The number of hydrogen-bond acceptors (Lipinski definition) is 4. The van der Waals surface area contributed by atoms with E-state index in [1.165, 1.54) is 12.1 Å². The van der Waals surface area contributed by atoms with E-state index in [2.05, 4.69) is 49.6 Å². The number of guanidine groups is 1. The molecule has 0 amide bonds. The van der Waals surface area contributed by atoms with Gasteiger partial charge in [0.05, 0.1) is 6.54 Å². The molecule has 0 radical (unpaired) electrons. The van der Waals surface area contributed by atoms with Gasteiger partial charge in [-0.2, -0.15) is 0 Å². The van der Waals surface area contributed by atoms with Gasteiger partial charge in [-0.1, -0.05) is 18.2 Å². The lowest BCUT2D eigenvalue weighted by atomic mass is 10.1. The first-order valence-electron chi connectivity index (χ1n) is 10.3. The van der Waals surface area contributed by atoms with Crippen LogP contribution < -0.4 is 15.5 Å². The zero-order chi connectivity index (χ0) is 20.5. The molecule has 0 bridgehead atoms. The largest absolute Gasteiger partial charge is 0.357 e. The van der Waals surface area contributed by atoms with Crippen LogP contribution in [0.5, 0.6) is 0 Å². The maximum atomic E-state index is 13.0. The summed E-state index contributed by atoms with van der Waals surface area (Å²) in [7, 11) is 2.15. The highest BCUT2D eigenvalue weighted by molar-refractivity contribution is 5.79. The highest BCUT2D eigenvalue weighted by Crippen LogP contribution is 2.14. The summed E-state index contributed by atoms with van der Waals surface area (Å²) in [6, 6.07) is 10.8. The van der Waals surface area contributed by atoms with Gasteiger partial charge in [0.15, 0.2) is 5.96 Å². The molecule has 2 aromatic rings. The van der Waals surface area contributed by atoms with Crippen molar-refractivity contribution in [3.05, 3.63) is 59.5 Å². The predicted octanol–water partition coefficient (Wildman–Crippen LogP) is 2.27. The van der Waals surface area contributed by atoms with E-state index >= 15 is 0 Å². The van der Waals surface area contributed by atoms with Crippen molar-refractivity contribution in [3.8, 4) is 0 Å². The molecule has 6 nitrogen and oxygen atoms in total. The molecular formula is C22H31FN6. The Hall–Kier alpha value is -2.67.